The van der Waals surface area contributed by atoms with Crippen LogP contribution >= 0.6 is 23.1 Å². The number of hydrogen-bond acceptors (Lipinski definition) is 8. The van der Waals surface area contributed by atoms with Crippen molar-refractivity contribution in [3.05, 3.63) is 0 Å². The summed E-state index contributed by atoms with van der Waals surface area (Å²) in [6.07, 6.45) is 0.278. The van der Waals surface area contributed by atoms with Crippen molar-refractivity contribution in [3.63, 3.8) is 0 Å². The maximum atomic E-state index is 11.4. The van der Waals surface area contributed by atoms with Crippen molar-refractivity contribution in [2.24, 2.45) is 0 Å². The second-order valence-corrected chi connectivity index (χ2v) is 5.56. The van der Waals surface area contributed by atoms with Gasteiger partial charge in [-0.1, -0.05) is 30.0 Å². The van der Waals surface area contributed by atoms with Crippen molar-refractivity contribution >= 4 is 40.2 Å². The van der Waals surface area contributed by atoms with Crippen LogP contribution in [0.4, 0.5) is 9.93 Å². The lowest BCUT2D eigenvalue weighted by atomic mass is 10.5. The molecular weight excluding hydrogens is 288 g/mol. The van der Waals surface area contributed by atoms with Gasteiger partial charge in [0.25, 0.3) is 0 Å². The number of ether oxygens (including phenoxy) is 1. The number of thioether (sulfide) groups is 1. The zero-order valence-electron chi connectivity index (χ0n) is 10.8. The van der Waals surface area contributed by atoms with Gasteiger partial charge in [0.15, 0.2) is 4.34 Å². The molecule has 0 aliphatic rings. The Morgan fingerprint density at radius 1 is 1.37 bits per heavy atom. The van der Waals surface area contributed by atoms with E-state index < -0.39 is 12.0 Å². The Bertz CT molecular complexity index is 425. The Hall–Kier alpha value is -1.35. The Kier molecular flexibility index (Phi) is 7.19. The van der Waals surface area contributed by atoms with E-state index in [1.807, 2.05) is 0 Å². The van der Waals surface area contributed by atoms with Crippen LogP contribution in [0.5, 0.6) is 0 Å². The summed E-state index contributed by atoms with van der Waals surface area (Å²) in [7, 11) is 0. The molecule has 0 unspecified atom stereocenters. The van der Waals surface area contributed by atoms with E-state index in [-0.39, 0.29) is 12.4 Å². The number of carbonyl (C=O) groups is 2. The number of aromatic nitrogens is 2. The van der Waals surface area contributed by atoms with Gasteiger partial charge >= 0.3 is 6.09 Å². The summed E-state index contributed by atoms with van der Waals surface area (Å²) >= 11 is 2.61. The third-order valence-corrected chi connectivity index (χ3v) is 3.79. The largest absolute Gasteiger partial charge is 0.450 e. The highest BCUT2D eigenvalue weighted by Crippen LogP contribution is 2.25. The van der Waals surface area contributed by atoms with Gasteiger partial charge in [0.05, 0.1) is 12.4 Å². The second kappa shape index (κ2) is 8.70. The maximum Gasteiger partial charge on any atom is 0.413 e. The fourth-order valence-electron chi connectivity index (χ4n) is 1.02. The van der Waals surface area contributed by atoms with Crippen LogP contribution in [0.25, 0.3) is 0 Å². The van der Waals surface area contributed by atoms with E-state index in [0.29, 0.717) is 4.34 Å². The van der Waals surface area contributed by atoms with Crippen LogP contribution in [0.1, 0.15) is 20.3 Å². The van der Waals surface area contributed by atoms with Crippen molar-refractivity contribution < 1.29 is 14.3 Å². The van der Waals surface area contributed by atoms with E-state index in [1.165, 1.54) is 23.1 Å². The molecule has 0 atom stereocenters. The van der Waals surface area contributed by atoms with Crippen LogP contribution < -0.4 is 10.6 Å². The van der Waals surface area contributed by atoms with Gasteiger partial charge in [-0.05, 0) is 13.3 Å². The molecule has 0 aliphatic heterocycles. The first-order valence-electron chi connectivity index (χ1n) is 5.82. The Labute approximate surface area is 119 Å². The standard InChI is InChI=1S/C10H16N4O3S2/c1-3-5-11-8-13-14-10(19-8)18-6-7(15)12-9(16)17-4-2/h3-6H2,1-2H3,(H,11,13)(H,12,15,16). The minimum absolute atomic E-state index is 0.0984. The Morgan fingerprint density at radius 2 is 2.16 bits per heavy atom. The number of amides is 2. The molecule has 0 aliphatic carbocycles. The number of nitrogens with one attached hydrogen (secondary N) is 2. The third kappa shape index (κ3) is 6.39. The van der Waals surface area contributed by atoms with Crippen molar-refractivity contribution in [2.45, 2.75) is 24.6 Å². The normalized spacial score (nSPS) is 10.0. The quantitative estimate of drug-likeness (QED) is 0.741. The molecule has 0 saturated heterocycles. The summed E-state index contributed by atoms with van der Waals surface area (Å²) in [5.41, 5.74) is 0. The van der Waals surface area contributed by atoms with Crippen LogP contribution in [-0.2, 0) is 9.53 Å². The molecule has 1 heterocycles. The SMILES string of the molecule is CCCNc1nnc(SCC(=O)NC(=O)OCC)s1. The number of nitrogens with zero attached hydrogens (tertiary/aromatic N) is 2. The monoisotopic (exact) mass is 304 g/mol. The van der Waals surface area contributed by atoms with E-state index in [9.17, 15) is 9.59 Å². The van der Waals surface area contributed by atoms with Crippen LogP contribution in [0, 0.1) is 0 Å². The number of anilines is 1. The van der Waals surface area contributed by atoms with Gasteiger partial charge in [-0.25, -0.2) is 4.79 Å². The predicted octanol–water partition coefficient (Wildman–Crippen LogP) is 1.72. The smallest absolute Gasteiger partial charge is 0.413 e. The van der Waals surface area contributed by atoms with E-state index >= 15 is 0 Å². The summed E-state index contributed by atoms with van der Waals surface area (Å²) in [6.45, 7) is 4.80. The predicted molar refractivity (Wildman–Crippen MR) is 74.6 cm³/mol. The average Bonchev–Trinajstić information content (AvgIpc) is 2.82. The first kappa shape index (κ1) is 15.7. The first-order valence-corrected chi connectivity index (χ1v) is 7.62. The number of hydrogen-bond donors (Lipinski definition) is 2. The van der Waals surface area contributed by atoms with E-state index in [1.54, 1.807) is 6.92 Å². The topological polar surface area (TPSA) is 93.2 Å². The highest BCUT2D eigenvalue weighted by atomic mass is 32.2. The van der Waals surface area contributed by atoms with E-state index in [2.05, 4.69) is 32.5 Å². The van der Waals surface area contributed by atoms with Gasteiger partial charge in [-0.2, -0.15) is 0 Å². The molecule has 2 amide bonds. The number of alkyl carbamates (subject to hydrolysis) is 1. The Morgan fingerprint density at radius 3 is 2.84 bits per heavy atom. The van der Waals surface area contributed by atoms with E-state index in [0.717, 1.165) is 18.1 Å². The summed E-state index contributed by atoms with van der Waals surface area (Å²) < 4.78 is 5.28. The van der Waals surface area contributed by atoms with Crippen LogP contribution in [0.2, 0.25) is 0 Å². The van der Waals surface area contributed by atoms with Gasteiger partial charge < -0.3 is 10.1 Å². The molecule has 106 valence electrons. The molecule has 0 saturated carbocycles. The highest BCUT2D eigenvalue weighted by Gasteiger charge is 2.11. The lowest BCUT2D eigenvalue weighted by molar-refractivity contribution is -0.117. The molecule has 7 nitrogen and oxygen atoms in total. The number of carbonyl (C=O) groups excluding carboxylic acids is 2. The molecule has 0 spiro atoms. The molecule has 1 rings (SSSR count). The minimum atomic E-state index is -0.726. The average molecular weight is 304 g/mol. The van der Waals surface area contributed by atoms with Gasteiger partial charge in [0.2, 0.25) is 11.0 Å². The highest BCUT2D eigenvalue weighted by molar-refractivity contribution is 8.01. The zero-order chi connectivity index (χ0) is 14.1. The minimum Gasteiger partial charge on any atom is -0.450 e. The third-order valence-electron chi connectivity index (χ3n) is 1.78. The summed E-state index contributed by atoms with van der Waals surface area (Å²) in [5, 5.41) is 13.8. The van der Waals surface area contributed by atoms with Crippen LogP contribution in [0.3, 0.4) is 0 Å². The molecule has 0 bridgehead atoms. The first-order chi connectivity index (χ1) is 9.15. The van der Waals surface area contributed by atoms with Crippen molar-refractivity contribution in [3.8, 4) is 0 Å². The van der Waals surface area contributed by atoms with Crippen molar-refractivity contribution in [1.29, 1.82) is 0 Å². The van der Waals surface area contributed by atoms with Crippen molar-refractivity contribution in [2.75, 3.05) is 24.2 Å². The summed E-state index contributed by atoms with van der Waals surface area (Å²) in [5.74, 6) is -0.317. The van der Waals surface area contributed by atoms with Gasteiger partial charge in [0.1, 0.15) is 0 Å². The van der Waals surface area contributed by atoms with Crippen LogP contribution in [0.15, 0.2) is 4.34 Å². The van der Waals surface area contributed by atoms with Gasteiger partial charge in [-0.3, -0.25) is 10.1 Å². The lowest BCUT2D eigenvalue weighted by Crippen LogP contribution is -2.32. The molecule has 1 aromatic rings. The fourth-order valence-corrected chi connectivity index (χ4v) is 2.59. The second-order valence-electron chi connectivity index (χ2n) is 3.36. The molecule has 1 aromatic heterocycles. The van der Waals surface area contributed by atoms with E-state index in [4.69, 9.17) is 0 Å². The van der Waals surface area contributed by atoms with Gasteiger partial charge in [0, 0.05) is 6.54 Å². The maximum absolute atomic E-state index is 11.4. The van der Waals surface area contributed by atoms with Crippen molar-refractivity contribution in [1.82, 2.24) is 15.5 Å². The molecule has 0 fully saturated rings. The zero-order valence-corrected chi connectivity index (χ0v) is 12.4. The summed E-state index contributed by atoms with van der Waals surface area (Å²) in [6, 6.07) is 0. The summed E-state index contributed by atoms with van der Waals surface area (Å²) in [4.78, 5) is 22.4. The number of imide groups is 1. The molecule has 19 heavy (non-hydrogen) atoms. The number of rotatable bonds is 7. The fraction of sp³-hybridized carbons (Fsp3) is 0.600. The molecular formula is C10H16N4O3S2. The molecule has 0 radical (unpaired) electrons. The molecule has 9 heteroatoms. The molecule has 2 N–H and O–H groups in total. The van der Waals surface area contributed by atoms with Gasteiger partial charge in [-0.15, -0.1) is 10.2 Å². The lowest BCUT2D eigenvalue weighted by Gasteiger charge is -2.02. The van der Waals surface area contributed by atoms with Crippen LogP contribution in [-0.4, -0.2) is 41.1 Å². The Balaban J connectivity index is 2.29. The molecule has 0 aromatic carbocycles.